The molecule has 0 aliphatic rings. The molecular weight excluding hydrogens is 188 g/mol. The van der Waals surface area contributed by atoms with E-state index in [9.17, 15) is 0 Å². The zero-order valence-electron chi connectivity index (χ0n) is 9.02. The van der Waals surface area contributed by atoms with Crippen LogP contribution >= 0.6 is 0 Å². The molecule has 0 unspecified atom stereocenters. The average Bonchev–Trinajstić information content (AvgIpc) is 2.59. The Hall–Kier alpha value is -1.89. The highest BCUT2D eigenvalue weighted by Gasteiger charge is 2.17. The predicted octanol–water partition coefficient (Wildman–Crippen LogP) is 2.74. The number of hydrogen-bond donors (Lipinski definition) is 0. The van der Waals surface area contributed by atoms with E-state index in [1.165, 1.54) is 0 Å². The first-order valence-corrected chi connectivity index (χ1v) is 4.76. The van der Waals surface area contributed by atoms with Crippen LogP contribution in [-0.2, 0) is 5.54 Å². The zero-order valence-corrected chi connectivity index (χ0v) is 9.02. The van der Waals surface area contributed by atoms with Gasteiger partial charge in [0.05, 0.1) is 17.6 Å². The summed E-state index contributed by atoms with van der Waals surface area (Å²) in [4.78, 5) is 3.40. The van der Waals surface area contributed by atoms with Crippen molar-refractivity contribution in [2.75, 3.05) is 0 Å². The van der Waals surface area contributed by atoms with Crippen LogP contribution in [0.15, 0.2) is 18.2 Å². The molecule has 0 amide bonds. The molecule has 1 aromatic heterocycles. The van der Waals surface area contributed by atoms with E-state index in [2.05, 4.69) is 35.9 Å². The van der Waals surface area contributed by atoms with Crippen LogP contribution in [0.25, 0.3) is 15.9 Å². The van der Waals surface area contributed by atoms with Crippen molar-refractivity contribution < 1.29 is 0 Å². The van der Waals surface area contributed by atoms with Gasteiger partial charge in [-0.15, -0.1) is 5.10 Å². The molecule has 0 fully saturated rings. The maximum absolute atomic E-state index is 6.97. The zero-order chi connectivity index (χ0) is 11.1. The fourth-order valence-electron chi connectivity index (χ4n) is 1.47. The number of hydrogen-bond acceptors (Lipinski definition) is 2. The first-order valence-electron chi connectivity index (χ1n) is 4.76. The molecule has 4 nitrogen and oxygen atoms in total. The Morgan fingerprint density at radius 3 is 2.67 bits per heavy atom. The Bertz CT molecular complexity index is 540. The summed E-state index contributed by atoms with van der Waals surface area (Å²) in [6, 6.07) is 5.42. The molecule has 1 aromatic carbocycles. The minimum absolute atomic E-state index is 0.116. The minimum Gasteiger partial charge on any atom is -0.241 e. The molecule has 15 heavy (non-hydrogen) atoms. The third kappa shape index (κ3) is 1.57. The molecule has 2 aromatic rings. The summed E-state index contributed by atoms with van der Waals surface area (Å²) in [6.45, 7) is 13.2. The number of benzene rings is 1. The predicted molar refractivity (Wildman–Crippen MR) is 58.8 cm³/mol. The van der Waals surface area contributed by atoms with Crippen LogP contribution in [0.2, 0.25) is 0 Å². The molecule has 76 valence electrons. The summed E-state index contributed by atoms with van der Waals surface area (Å²) < 4.78 is 1.84. The van der Waals surface area contributed by atoms with Crippen LogP contribution in [0.1, 0.15) is 20.8 Å². The van der Waals surface area contributed by atoms with E-state index in [1.54, 1.807) is 6.07 Å². The molecule has 0 saturated carbocycles. The second-order valence-corrected chi connectivity index (χ2v) is 4.46. The molecule has 2 rings (SSSR count). The van der Waals surface area contributed by atoms with Gasteiger partial charge >= 0.3 is 0 Å². The Kier molecular flexibility index (Phi) is 1.97. The van der Waals surface area contributed by atoms with Gasteiger partial charge in [0, 0.05) is 0 Å². The van der Waals surface area contributed by atoms with Gasteiger partial charge in [-0.05, 0) is 32.9 Å². The smallest absolute Gasteiger partial charge is 0.189 e. The van der Waals surface area contributed by atoms with E-state index >= 15 is 0 Å². The lowest BCUT2D eigenvalue weighted by Gasteiger charge is -2.19. The van der Waals surface area contributed by atoms with E-state index in [0.29, 0.717) is 5.69 Å². The van der Waals surface area contributed by atoms with Gasteiger partial charge in [0.15, 0.2) is 5.69 Å². The van der Waals surface area contributed by atoms with Gasteiger partial charge in [0.1, 0.15) is 5.52 Å². The lowest BCUT2D eigenvalue weighted by atomic mass is 10.1. The number of aromatic nitrogens is 3. The third-order valence-electron chi connectivity index (χ3n) is 2.19. The van der Waals surface area contributed by atoms with Crippen LogP contribution in [0, 0.1) is 6.57 Å². The van der Waals surface area contributed by atoms with Crippen LogP contribution in [0.5, 0.6) is 0 Å². The molecule has 0 spiro atoms. The molecule has 0 atom stereocenters. The highest BCUT2D eigenvalue weighted by Crippen LogP contribution is 2.23. The quantitative estimate of drug-likeness (QED) is 0.613. The van der Waals surface area contributed by atoms with Crippen molar-refractivity contribution >= 4 is 16.7 Å². The summed E-state index contributed by atoms with van der Waals surface area (Å²) in [5.41, 5.74) is 2.25. The Balaban J connectivity index is 2.73. The van der Waals surface area contributed by atoms with Crippen molar-refractivity contribution in [3.63, 3.8) is 0 Å². The second kappa shape index (κ2) is 3.06. The Labute approximate surface area is 88.3 Å². The summed E-state index contributed by atoms with van der Waals surface area (Å²) >= 11 is 0. The Morgan fingerprint density at radius 2 is 2.07 bits per heavy atom. The van der Waals surface area contributed by atoms with Crippen molar-refractivity contribution in [3.8, 4) is 0 Å². The number of rotatable bonds is 0. The highest BCUT2D eigenvalue weighted by atomic mass is 15.4. The molecule has 0 aliphatic heterocycles. The molecule has 4 heteroatoms. The van der Waals surface area contributed by atoms with Crippen LogP contribution in [-0.4, -0.2) is 15.0 Å². The average molecular weight is 200 g/mol. The van der Waals surface area contributed by atoms with Crippen molar-refractivity contribution in [1.82, 2.24) is 15.0 Å². The summed E-state index contributed by atoms with van der Waals surface area (Å²) in [5.74, 6) is 0. The number of fused-ring (bicyclic) bond motifs is 1. The maximum Gasteiger partial charge on any atom is 0.189 e. The number of nitrogens with zero attached hydrogens (tertiary/aromatic N) is 4. The molecular formula is C11H12N4. The van der Waals surface area contributed by atoms with Crippen molar-refractivity contribution in [1.29, 1.82) is 0 Å². The van der Waals surface area contributed by atoms with Gasteiger partial charge < -0.3 is 0 Å². The van der Waals surface area contributed by atoms with Gasteiger partial charge in [-0.1, -0.05) is 11.3 Å². The maximum atomic E-state index is 6.97. The normalized spacial score (nSPS) is 11.6. The fraction of sp³-hybridized carbons (Fsp3) is 0.364. The molecule has 0 bridgehead atoms. The molecule has 0 N–H and O–H groups in total. The SMILES string of the molecule is [C-]#[N+]c1ccc2nnn(C(C)(C)C)c2c1. The van der Waals surface area contributed by atoms with Crippen LogP contribution < -0.4 is 0 Å². The second-order valence-electron chi connectivity index (χ2n) is 4.46. The van der Waals surface area contributed by atoms with Crippen molar-refractivity contribution in [2.45, 2.75) is 26.3 Å². The standard InChI is InChI=1S/C11H12N4/c1-11(2,3)15-10-7-8(12-4)5-6-9(10)13-14-15/h5-7H,1-3H3. The highest BCUT2D eigenvalue weighted by molar-refractivity contribution is 5.79. The van der Waals surface area contributed by atoms with Gasteiger partial charge in [0.2, 0.25) is 0 Å². The monoisotopic (exact) mass is 200 g/mol. The van der Waals surface area contributed by atoms with Crippen molar-refractivity contribution in [3.05, 3.63) is 29.6 Å². The van der Waals surface area contributed by atoms with Crippen LogP contribution in [0.3, 0.4) is 0 Å². The Morgan fingerprint density at radius 1 is 1.33 bits per heavy atom. The van der Waals surface area contributed by atoms with E-state index in [0.717, 1.165) is 11.0 Å². The minimum atomic E-state index is -0.116. The van der Waals surface area contributed by atoms with E-state index < -0.39 is 0 Å². The van der Waals surface area contributed by atoms with Crippen LogP contribution in [0.4, 0.5) is 5.69 Å². The van der Waals surface area contributed by atoms with E-state index in [-0.39, 0.29) is 5.54 Å². The van der Waals surface area contributed by atoms with Gasteiger partial charge in [-0.25, -0.2) is 9.53 Å². The summed E-state index contributed by atoms with van der Waals surface area (Å²) in [7, 11) is 0. The van der Waals surface area contributed by atoms with Gasteiger partial charge in [-0.3, -0.25) is 0 Å². The summed E-state index contributed by atoms with van der Waals surface area (Å²) in [5, 5.41) is 8.18. The van der Waals surface area contributed by atoms with Crippen molar-refractivity contribution in [2.24, 2.45) is 0 Å². The largest absolute Gasteiger partial charge is 0.241 e. The lowest BCUT2D eigenvalue weighted by molar-refractivity contribution is 0.358. The lowest BCUT2D eigenvalue weighted by Crippen LogP contribution is -2.22. The molecule has 1 heterocycles. The first-order chi connectivity index (χ1) is 7.02. The first kappa shape index (κ1) is 9.66. The topological polar surface area (TPSA) is 35.1 Å². The molecule has 0 aliphatic carbocycles. The van der Waals surface area contributed by atoms with E-state index in [4.69, 9.17) is 6.57 Å². The third-order valence-corrected chi connectivity index (χ3v) is 2.19. The van der Waals surface area contributed by atoms with Gasteiger partial charge in [-0.2, -0.15) is 0 Å². The van der Waals surface area contributed by atoms with E-state index in [1.807, 2.05) is 16.8 Å². The fourth-order valence-corrected chi connectivity index (χ4v) is 1.47. The molecule has 0 radical (unpaired) electrons. The summed E-state index contributed by atoms with van der Waals surface area (Å²) in [6.07, 6.45) is 0. The molecule has 0 saturated heterocycles. The van der Waals surface area contributed by atoms with Gasteiger partial charge in [0.25, 0.3) is 0 Å².